The molecule has 0 aliphatic carbocycles. The van der Waals surface area contributed by atoms with Crippen LogP contribution in [0.15, 0.2) is 0 Å². The summed E-state index contributed by atoms with van der Waals surface area (Å²) in [5.41, 5.74) is 2.96. The number of hydrogen-bond acceptors (Lipinski definition) is 3. The predicted molar refractivity (Wildman–Crippen MR) is 52.1 cm³/mol. The number of thiocarbonyl (C=S) groups is 1. The summed E-state index contributed by atoms with van der Waals surface area (Å²) in [7, 11) is 0. The molecule has 0 bridgehead atoms. The first-order valence-electron chi connectivity index (χ1n) is 3.51. The van der Waals surface area contributed by atoms with Crippen molar-refractivity contribution in [2.75, 3.05) is 13.1 Å². The summed E-state index contributed by atoms with van der Waals surface area (Å²) in [6, 6.07) is 0. The Morgan fingerprint density at radius 1 is 1.25 bits per heavy atom. The van der Waals surface area contributed by atoms with Crippen LogP contribution < -0.4 is 56.8 Å². The molecule has 0 atom stereocenters. The number of nitrogens with one attached hydrogen (secondary N) is 1. The van der Waals surface area contributed by atoms with Gasteiger partial charge in [0.25, 0.3) is 0 Å². The second-order valence-corrected chi connectivity index (χ2v) is 3.52. The number of rotatable bonds is 1. The standard InChI is InChI=1S/C6H12N2S2.K.H2O/c9-6(10)7-8-4-2-1-3-5-8;;/h1-5H2,(H2,7,9,10);;1H2/q;+1;/p-1. The molecule has 0 aromatic heterocycles. The van der Waals surface area contributed by atoms with Crippen LogP contribution in [0.4, 0.5) is 0 Å². The first kappa shape index (κ1) is 16.1. The van der Waals surface area contributed by atoms with E-state index in [0.717, 1.165) is 13.1 Å². The normalized spacial score (nSPS) is 17.0. The van der Waals surface area contributed by atoms with Crippen LogP contribution in [0.5, 0.6) is 0 Å². The van der Waals surface area contributed by atoms with Crippen molar-refractivity contribution < 1.29 is 56.9 Å². The molecule has 1 fully saturated rings. The molecule has 6 heteroatoms. The van der Waals surface area contributed by atoms with Gasteiger partial charge in [0.15, 0.2) is 0 Å². The summed E-state index contributed by atoms with van der Waals surface area (Å²) in [6.45, 7) is 2.16. The van der Waals surface area contributed by atoms with E-state index in [1.54, 1.807) is 0 Å². The van der Waals surface area contributed by atoms with Gasteiger partial charge in [0.2, 0.25) is 0 Å². The average Bonchev–Trinajstić information content (AvgIpc) is 1.88. The maximum atomic E-state index is 4.74. The molecule has 0 unspecified atom stereocenters. The van der Waals surface area contributed by atoms with Gasteiger partial charge in [0.1, 0.15) is 0 Å². The maximum Gasteiger partial charge on any atom is 1.00 e. The molecule has 0 aromatic carbocycles. The molecule has 12 heavy (non-hydrogen) atoms. The van der Waals surface area contributed by atoms with Gasteiger partial charge >= 0.3 is 51.4 Å². The van der Waals surface area contributed by atoms with Gasteiger partial charge in [0.05, 0.1) is 0 Å². The van der Waals surface area contributed by atoms with E-state index in [1.165, 1.54) is 19.3 Å². The Bertz CT molecular complexity index is 131. The smallest absolute Gasteiger partial charge is 0.412 e. The van der Waals surface area contributed by atoms with E-state index < -0.39 is 0 Å². The van der Waals surface area contributed by atoms with Gasteiger partial charge in [-0.3, -0.25) is 0 Å². The van der Waals surface area contributed by atoms with Crippen molar-refractivity contribution in [2.24, 2.45) is 0 Å². The van der Waals surface area contributed by atoms with Crippen molar-refractivity contribution in [3.63, 3.8) is 0 Å². The molecule has 0 amide bonds. The van der Waals surface area contributed by atoms with Gasteiger partial charge in [0, 0.05) is 13.1 Å². The monoisotopic (exact) mass is 232 g/mol. The fraction of sp³-hybridized carbons (Fsp3) is 0.833. The maximum absolute atomic E-state index is 4.74. The Balaban J connectivity index is 0. The quantitative estimate of drug-likeness (QED) is 0.297. The molecule has 1 aliphatic heterocycles. The van der Waals surface area contributed by atoms with Crippen molar-refractivity contribution in [3.05, 3.63) is 0 Å². The second-order valence-electron chi connectivity index (χ2n) is 2.45. The van der Waals surface area contributed by atoms with Crippen LogP contribution in [0.2, 0.25) is 0 Å². The van der Waals surface area contributed by atoms with Crippen LogP contribution >= 0.6 is 12.2 Å². The van der Waals surface area contributed by atoms with E-state index in [-0.39, 0.29) is 56.9 Å². The van der Waals surface area contributed by atoms with E-state index >= 15 is 0 Å². The first-order valence-corrected chi connectivity index (χ1v) is 4.33. The van der Waals surface area contributed by atoms with Gasteiger partial charge in [-0.1, -0.05) is 6.42 Å². The van der Waals surface area contributed by atoms with Crippen molar-refractivity contribution in [1.82, 2.24) is 10.4 Å². The summed E-state index contributed by atoms with van der Waals surface area (Å²) in [5.74, 6) is 0. The minimum atomic E-state index is 0. The van der Waals surface area contributed by atoms with Crippen molar-refractivity contribution in [3.8, 4) is 0 Å². The molecule has 0 spiro atoms. The fourth-order valence-electron chi connectivity index (χ4n) is 1.13. The SMILES string of the molecule is O.S=C([S-])NN1CCCCC1.[K+]. The molecule has 3 N–H and O–H groups in total. The van der Waals surface area contributed by atoms with Gasteiger partial charge in [-0.15, -0.1) is 0 Å². The first-order chi connectivity index (χ1) is 4.79. The van der Waals surface area contributed by atoms with E-state index in [1.807, 2.05) is 0 Å². The molecule has 1 rings (SSSR count). The Kier molecular flexibility index (Phi) is 12.4. The zero-order valence-corrected chi connectivity index (χ0v) is 12.1. The minimum Gasteiger partial charge on any atom is -0.412 e. The van der Waals surface area contributed by atoms with E-state index in [2.05, 4.69) is 10.4 Å². The number of nitrogens with zero attached hydrogens (tertiary/aromatic N) is 1. The summed E-state index contributed by atoms with van der Waals surface area (Å²) < 4.78 is 0.460. The number of hydrazine groups is 1. The molecular formula is C6H13KN2OS2. The van der Waals surface area contributed by atoms with Crippen LogP contribution in [0.25, 0.3) is 0 Å². The van der Waals surface area contributed by atoms with Crippen molar-refractivity contribution in [1.29, 1.82) is 0 Å². The Morgan fingerprint density at radius 2 is 1.75 bits per heavy atom. The van der Waals surface area contributed by atoms with Gasteiger partial charge in [-0.05, 0) is 17.2 Å². The third-order valence-corrected chi connectivity index (χ3v) is 1.79. The Labute approximate surface area is 127 Å². The molecule has 3 nitrogen and oxygen atoms in total. The molecule has 1 saturated heterocycles. The third kappa shape index (κ3) is 7.11. The molecular weight excluding hydrogens is 219 g/mol. The molecule has 0 radical (unpaired) electrons. The Morgan fingerprint density at radius 3 is 2.17 bits per heavy atom. The van der Waals surface area contributed by atoms with Gasteiger partial charge in [-0.2, -0.15) is 0 Å². The van der Waals surface area contributed by atoms with Gasteiger partial charge in [-0.25, -0.2) is 5.01 Å². The predicted octanol–water partition coefficient (Wildman–Crippen LogP) is -3.01. The summed E-state index contributed by atoms with van der Waals surface area (Å²) in [4.78, 5) is 0. The van der Waals surface area contributed by atoms with E-state index in [9.17, 15) is 0 Å². The summed E-state index contributed by atoms with van der Waals surface area (Å²) >= 11 is 9.48. The number of hydrogen-bond donors (Lipinski definition) is 1. The minimum absolute atomic E-state index is 0. The molecule has 0 aromatic rings. The average molecular weight is 232 g/mol. The van der Waals surface area contributed by atoms with E-state index in [0.29, 0.717) is 4.32 Å². The van der Waals surface area contributed by atoms with Crippen molar-refractivity contribution >= 4 is 29.2 Å². The molecule has 0 saturated carbocycles. The topological polar surface area (TPSA) is 46.8 Å². The largest absolute Gasteiger partial charge is 1.00 e. The zero-order chi connectivity index (χ0) is 7.40. The Hall–Kier alpha value is 1.67. The third-order valence-electron chi connectivity index (χ3n) is 1.61. The summed E-state index contributed by atoms with van der Waals surface area (Å²) in [6.07, 6.45) is 3.85. The van der Waals surface area contributed by atoms with Crippen LogP contribution in [0.1, 0.15) is 19.3 Å². The number of piperidine rings is 1. The van der Waals surface area contributed by atoms with Crippen LogP contribution in [0, 0.1) is 0 Å². The molecule has 66 valence electrons. The molecule has 1 aliphatic rings. The second kappa shape index (κ2) is 9.23. The molecule has 1 heterocycles. The van der Waals surface area contributed by atoms with Crippen molar-refractivity contribution in [2.45, 2.75) is 19.3 Å². The van der Waals surface area contributed by atoms with Crippen LogP contribution in [-0.4, -0.2) is 27.9 Å². The fourth-order valence-corrected chi connectivity index (χ4v) is 1.39. The zero-order valence-electron chi connectivity index (χ0n) is 7.30. The van der Waals surface area contributed by atoms with E-state index in [4.69, 9.17) is 24.8 Å². The van der Waals surface area contributed by atoms with Crippen LogP contribution in [0.3, 0.4) is 0 Å². The van der Waals surface area contributed by atoms with Crippen LogP contribution in [-0.2, 0) is 12.6 Å². The van der Waals surface area contributed by atoms with Gasteiger partial charge < -0.3 is 35.7 Å². The summed E-state index contributed by atoms with van der Waals surface area (Å²) in [5, 5.41) is 2.10.